The Hall–Kier alpha value is -0.770. The lowest BCUT2D eigenvalue weighted by Gasteiger charge is -2.34. The van der Waals surface area contributed by atoms with Crippen LogP contribution in [0, 0.1) is 5.92 Å². The third kappa shape index (κ3) is 5.25. The lowest BCUT2D eigenvalue weighted by Crippen LogP contribution is -2.46. The van der Waals surface area contributed by atoms with Crippen molar-refractivity contribution in [2.75, 3.05) is 0 Å². The van der Waals surface area contributed by atoms with E-state index in [-0.39, 0.29) is 12.1 Å². The predicted molar refractivity (Wildman–Crippen MR) is 73.4 cm³/mol. The highest BCUT2D eigenvalue weighted by atomic mass is 16.6. The van der Waals surface area contributed by atoms with E-state index in [1.807, 2.05) is 20.8 Å². The molecule has 2 unspecified atom stereocenters. The first-order chi connectivity index (χ1) is 8.31. The largest absolute Gasteiger partial charge is 0.444 e. The minimum absolute atomic E-state index is 0.219. The molecule has 0 bridgehead atoms. The maximum absolute atomic E-state index is 11.7. The lowest BCUT2D eigenvalue weighted by atomic mass is 9.80. The number of nitrogens with one attached hydrogen (secondary N) is 1. The first-order valence-corrected chi connectivity index (χ1v) is 7.07. The Labute approximate surface area is 111 Å². The topological polar surface area (TPSA) is 64.3 Å². The van der Waals surface area contributed by atoms with Crippen molar-refractivity contribution in [1.82, 2.24) is 5.32 Å². The Morgan fingerprint density at radius 1 is 1.39 bits per heavy atom. The highest BCUT2D eigenvalue weighted by Gasteiger charge is 2.29. The maximum Gasteiger partial charge on any atom is 0.407 e. The SMILES string of the molecule is CCCC1C[C@@H](NC(=O)OC(C)(C)C)CCC1N. The van der Waals surface area contributed by atoms with Gasteiger partial charge in [-0.25, -0.2) is 4.79 Å². The fourth-order valence-corrected chi connectivity index (χ4v) is 2.60. The zero-order chi connectivity index (χ0) is 13.8. The molecule has 0 aromatic rings. The van der Waals surface area contributed by atoms with Crippen LogP contribution in [0.2, 0.25) is 0 Å². The Morgan fingerprint density at radius 3 is 2.61 bits per heavy atom. The van der Waals surface area contributed by atoms with Crippen molar-refractivity contribution in [3.63, 3.8) is 0 Å². The summed E-state index contributed by atoms with van der Waals surface area (Å²) in [5.74, 6) is 0.531. The van der Waals surface area contributed by atoms with E-state index in [1.54, 1.807) is 0 Å². The van der Waals surface area contributed by atoms with Crippen LogP contribution in [-0.2, 0) is 4.74 Å². The number of carbonyl (C=O) groups is 1. The highest BCUT2D eigenvalue weighted by molar-refractivity contribution is 5.68. The van der Waals surface area contributed by atoms with Crippen molar-refractivity contribution in [2.45, 2.75) is 77.5 Å². The van der Waals surface area contributed by atoms with E-state index in [4.69, 9.17) is 10.5 Å². The van der Waals surface area contributed by atoms with Gasteiger partial charge in [-0.15, -0.1) is 0 Å². The number of amides is 1. The molecule has 1 rings (SSSR count). The molecule has 1 fully saturated rings. The van der Waals surface area contributed by atoms with Gasteiger partial charge in [-0.2, -0.15) is 0 Å². The first kappa shape index (κ1) is 15.3. The number of carbonyl (C=O) groups excluding carboxylic acids is 1. The molecule has 0 radical (unpaired) electrons. The Morgan fingerprint density at radius 2 is 2.06 bits per heavy atom. The smallest absolute Gasteiger partial charge is 0.407 e. The molecular weight excluding hydrogens is 228 g/mol. The summed E-state index contributed by atoms with van der Waals surface area (Å²) in [6, 6.07) is 0.512. The minimum Gasteiger partial charge on any atom is -0.444 e. The van der Waals surface area contributed by atoms with E-state index in [0.29, 0.717) is 12.0 Å². The molecule has 0 aromatic carbocycles. The average molecular weight is 256 g/mol. The maximum atomic E-state index is 11.7. The van der Waals surface area contributed by atoms with Crippen LogP contribution >= 0.6 is 0 Å². The molecule has 0 aromatic heterocycles. The van der Waals surface area contributed by atoms with E-state index in [2.05, 4.69) is 12.2 Å². The molecule has 0 heterocycles. The molecule has 0 aliphatic heterocycles. The molecular formula is C14H28N2O2. The second kappa shape index (κ2) is 6.41. The Kier molecular flexibility index (Phi) is 5.45. The molecule has 3 N–H and O–H groups in total. The first-order valence-electron chi connectivity index (χ1n) is 7.07. The van der Waals surface area contributed by atoms with Crippen LogP contribution in [-0.4, -0.2) is 23.8 Å². The highest BCUT2D eigenvalue weighted by Crippen LogP contribution is 2.27. The van der Waals surface area contributed by atoms with Crippen LogP contribution in [0.15, 0.2) is 0 Å². The fourth-order valence-electron chi connectivity index (χ4n) is 2.60. The van der Waals surface area contributed by atoms with Crippen LogP contribution in [0.25, 0.3) is 0 Å². The Balaban J connectivity index is 2.41. The van der Waals surface area contributed by atoms with Crippen molar-refractivity contribution in [2.24, 2.45) is 11.7 Å². The predicted octanol–water partition coefficient (Wildman–Crippen LogP) is 2.81. The lowest BCUT2D eigenvalue weighted by molar-refractivity contribution is 0.0479. The van der Waals surface area contributed by atoms with Crippen LogP contribution < -0.4 is 11.1 Å². The van der Waals surface area contributed by atoms with Gasteiger partial charge in [-0.05, 0) is 52.4 Å². The second-order valence-corrected chi connectivity index (χ2v) is 6.37. The van der Waals surface area contributed by atoms with E-state index >= 15 is 0 Å². The summed E-state index contributed by atoms with van der Waals surface area (Å²) in [4.78, 5) is 11.7. The molecule has 18 heavy (non-hydrogen) atoms. The molecule has 3 atom stereocenters. The minimum atomic E-state index is -0.433. The molecule has 1 amide bonds. The van der Waals surface area contributed by atoms with Gasteiger partial charge in [0.2, 0.25) is 0 Å². The van der Waals surface area contributed by atoms with Crippen molar-refractivity contribution >= 4 is 6.09 Å². The summed E-state index contributed by atoms with van der Waals surface area (Å²) in [5, 5.41) is 2.97. The summed E-state index contributed by atoms with van der Waals surface area (Å²) >= 11 is 0. The second-order valence-electron chi connectivity index (χ2n) is 6.37. The van der Waals surface area contributed by atoms with Gasteiger partial charge in [0.25, 0.3) is 0 Å². The number of alkyl carbamates (subject to hydrolysis) is 1. The van der Waals surface area contributed by atoms with Crippen LogP contribution in [0.1, 0.15) is 59.8 Å². The Bertz CT molecular complexity index is 273. The summed E-state index contributed by atoms with van der Waals surface area (Å²) in [5.41, 5.74) is 5.68. The van der Waals surface area contributed by atoms with Gasteiger partial charge in [0.05, 0.1) is 0 Å². The molecule has 4 nitrogen and oxygen atoms in total. The van der Waals surface area contributed by atoms with Gasteiger partial charge in [0, 0.05) is 12.1 Å². The van der Waals surface area contributed by atoms with Crippen molar-refractivity contribution < 1.29 is 9.53 Å². The third-order valence-corrected chi connectivity index (χ3v) is 3.42. The number of hydrogen-bond acceptors (Lipinski definition) is 3. The zero-order valence-electron chi connectivity index (χ0n) is 12.2. The van der Waals surface area contributed by atoms with Crippen LogP contribution in [0.5, 0.6) is 0 Å². The number of rotatable bonds is 3. The molecule has 1 aliphatic rings. The summed E-state index contributed by atoms with van der Waals surface area (Å²) in [7, 11) is 0. The van der Waals surface area contributed by atoms with Gasteiger partial charge < -0.3 is 15.8 Å². The standard InChI is InChI=1S/C14H28N2O2/c1-5-6-10-9-11(7-8-12(10)15)16-13(17)18-14(2,3)4/h10-12H,5-9,15H2,1-4H3,(H,16,17)/t10?,11-,12?/m0/s1. The van der Waals surface area contributed by atoms with Crippen molar-refractivity contribution in [3.05, 3.63) is 0 Å². The van der Waals surface area contributed by atoms with Gasteiger partial charge in [0.15, 0.2) is 0 Å². The van der Waals surface area contributed by atoms with Crippen molar-refractivity contribution in [1.29, 1.82) is 0 Å². The summed E-state index contributed by atoms with van der Waals surface area (Å²) in [6.45, 7) is 7.81. The van der Waals surface area contributed by atoms with E-state index in [1.165, 1.54) is 0 Å². The number of hydrogen-bond donors (Lipinski definition) is 2. The molecule has 0 spiro atoms. The van der Waals surface area contributed by atoms with E-state index < -0.39 is 5.60 Å². The fraction of sp³-hybridized carbons (Fsp3) is 0.929. The van der Waals surface area contributed by atoms with Crippen LogP contribution in [0.3, 0.4) is 0 Å². The molecule has 106 valence electrons. The van der Waals surface area contributed by atoms with Crippen LogP contribution in [0.4, 0.5) is 4.79 Å². The zero-order valence-corrected chi connectivity index (χ0v) is 12.2. The molecule has 0 saturated heterocycles. The monoisotopic (exact) mass is 256 g/mol. The van der Waals surface area contributed by atoms with E-state index in [9.17, 15) is 4.79 Å². The normalized spacial score (nSPS) is 28.8. The molecule has 1 saturated carbocycles. The third-order valence-electron chi connectivity index (χ3n) is 3.42. The number of ether oxygens (including phenoxy) is 1. The van der Waals surface area contributed by atoms with Gasteiger partial charge in [0.1, 0.15) is 5.60 Å². The van der Waals surface area contributed by atoms with Crippen molar-refractivity contribution in [3.8, 4) is 0 Å². The molecule has 4 heteroatoms. The quantitative estimate of drug-likeness (QED) is 0.816. The van der Waals surface area contributed by atoms with Gasteiger partial charge in [-0.3, -0.25) is 0 Å². The summed E-state index contributed by atoms with van der Waals surface area (Å²) < 4.78 is 5.28. The van der Waals surface area contributed by atoms with Gasteiger partial charge in [-0.1, -0.05) is 13.3 Å². The van der Waals surface area contributed by atoms with E-state index in [0.717, 1.165) is 32.1 Å². The molecule has 1 aliphatic carbocycles. The summed E-state index contributed by atoms with van der Waals surface area (Å²) in [6.07, 6.45) is 4.92. The number of nitrogens with two attached hydrogens (primary N) is 1. The van der Waals surface area contributed by atoms with Gasteiger partial charge >= 0.3 is 6.09 Å². The average Bonchev–Trinajstić information content (AvgIpc) is 2.20.